The average molecular weight is 224 g/mol. The molecule has 0 bridgehead atoms. The second-order valence-electron chi connectivity index (χ2n) is 2.82. The molecule has 1 aromatic rings. The number of ketones is 1. The smallest absolute Gasteiger partial charge is 0.379 e. The van der Waals surface area contributed by atoms with E-state index in [1.165, 1.54) is 0 Å². The summed E-state index contributed by atoms with van der Waals surface area (Å²) in [4.78, 5) is 22.7. The van der Waals surface area contributed by atoms with Gasteiger partial charge in [0.1, 0.15) is 6.61 Å². The van der Waals surface area contributed by atoms with Gasteiger partial charge in [0.05, 0.1) is 0 Å². The predicted octanol–water partition coefficient (Wildman–Crippen LogP) is 1.78. The van der Waals surface area contributed by atoms with Gasteiger partial charge in [-0.1, -0.05) is 30.3 Å². The zero-order chi connectivity index (χ0) is 11.1. The Labute approximate surface area is 92.8 Å². The SMILES string of the molecule is CSCCOC(=O)C(=O)c1ccccc1. The molecule has 3 nitrogen and oxygen atoms in total. The zero-order valence-electron chi connectivity index (χ0n) is 8.43. The Morgan fingerprint density at radius 2 is 1.93 bits per heavy atom. The number of Topliss-reactive ketones (excluding diaryl/α,β-unsaturated/α-hetero) is 1. The van der Waals surface area contributed by atoms with Crippen LogP contribution in [0.15, 0.2) is 30.3 Å². The van der Waals surface area contributed by atoms with E-state index in [4.69, 9.17) is 4.74 Å². The fraction of sp³-hybridized carbons (Fsp3) is 0.273. The van der Waals surface area contributed by atoms with E-state index in [9.17, 15) is 9.59 Å². The summed E-state index contributed by atoms with van der Waals surface area (Å²) in [6, 6.07) is 8.40. The molecule has 0 aliphatic carbocycles. The van der Waals surface area contributed by atoms with Gasteiger partial charge < -0.3 is 4.74 Å². The lowest BCUT2D eigenvalue weighted by Crippen LogP contribution is -2.18. The normalized spacial score (nSPS) is 9.67. The number of esters is 1. The van der Waals surface area contributed by atoms with Crippen LogP contribution in [0.1, 0.15) is 10.4 Å². The molecule has 0 aromatic heterocycles. The van der Waals surface area contributed by atoms with Crippen molar-refractivity contribution >= 4 is 23.5 Å². The summed E-state index contributed by atoms with van der Waals surface area (Å²) in [6.45, 7) is 0.276. The van der Waals surface area contributed by atoms with Crippen molar-refractivity contribution in [3.05, 3.63) is 35.9 Å². The van der Waals surface area contributed by atoms with Crippen molar-refractivity contribution in [1.29, 1.82) is 0 Å². The third-order valence-corrected chi connectivity index (χ3v) is 2.32. The van der Waals surface area contributed by atoms with Crippen LogP contribution in [-0.4, -0.2) is 30.4 Å². The summed E-state index contributed by atoms with van der Waals surface area (Å²) in [5.74, 6) is -0.666. The van der Waals surface area contributed by atoms with Crippen molar-refractivity contribution in [2.24, 2.45) is 0 Å². The second-order valence-corrected chi connectivity index (χ2v) is 3.81. The molecule has 0 atom stereocenters. The van der Waals surface area contributed by atoms with E-state index < -0.39 is 11.8 Å². The molecule has 4 heteroatoms. The summed E-state index contributed by atoms with van der Waals surface area (Å²) >= 11 is 1.56. The number of carbonyl (C=O) groups is 2. The van der Waals surface area contributed by atoms with Gasteiger partial charge in [-0.3, -0.25) is 4.79 Å². The predicted molar refractivity (Wildman–Crippen MR) is 60.1 cm³/mol. The Hall–Kier alpha value is -1.29. The van der Waals surface area contributed by atoms with Gasteiger partial charge in [0, 0.05) is 11.3 Å². The lowest BCUT2D eigenvalue weighted by Gasteiger charge is -2.02. The van der Waals surface area contributed by atoms with Crippen molar-refractivity contribution in [3.63, 3.8) is 0 Å². The van der Waals surface area contributed by atoms with E-state index in [1.807, 2.05) is 6.26 Å². The Morgan fingerprint density at radius 1 is 1.27 bits per heavy atom. The first-order valence-corrected chi connectivity index (χ1v) is 5.90. The summed E-state index contributed by atoms with van der Waals surface area (Å²) in [6.07, 6.45) is 1.91. The molecule has 0 unspecified atom stereocenters. The quantitative estimate of drug-likeness (QED) is 0.331. The largest absolute Gasteiger partial charge is 0.459 e. The first-order valence-electron chi connectivity index (χ1n) is 4.51. The fourth-order valence-electron chi connectivity index (χ4n) is 0.991. The van der Waals surface area contributed by atoms with Gasteiger partial charge in [-0.2, -0.15) is 11.8 Å². The van der Waals surface area contributed by atoms with E-state index in [-0.39, 0.29) is 6.61 Å². The van der Waals surface area contributed by atoms with E-state index in [1.54, 1.807) is 42.1 Å². The Kier molecular flexibility index (Phi) is 4.90. The van der Waals surface area contributed by atoms with Gasteiger partial charge in [-0.15, -0.1) is 0 Å². The highest BCUT2D eigenvalue weighted by Crippen LogP contribution is 2.01. The molecule has 0 aliphatic heterocycles. The monoisotopic (exact) mass is 224 g/mol. The maximum Gasteiger partial charge on any atom is 0.379 e. The van der Waals surface area contributed by atoms with Crippen LogP contribution in [0.5, 0.6) is 0 Å². The van der Waals surface area contributed by atoms with Gasteiger partial charge in [0.2, 0.25) is 0 Å². The number of ether oxygens (including phenoxy) is 1. The van der Waals surface area contributed by atoms with Crippen molar-refractivity contribution in [3.8, 4) is 0 Å². The molecule has 0 saturated carbocycles. The van der Waals surface area contributed by atoms with Gasteiger partial charge in [-0.25, -0.2) is 4.79 Å². The molecular weight excluding hydrogens is 212 g/mol. The summed E-state index contributed by atoms with van der Waals surface area (Å²) in [5.41, 5.74) is 0.367. The molecule has 0 heterocycles. The van der Waals surface area contributed by atoms with Crippen LogP contribution < -0.4 is 0 Å². The number of thioether (sulfide) groups is 1. The van der Waals surface area contributed by atoms with Crippen LogP contribution in [0.3, 0.4) is 0 Å². The van der Waals surface area contributed by atoms with Crippen molar-refractivity contribution < 1.29 is 14.3 Å². The first-order chi connectivity index (χ1) is 7.25. The summed E-state index contributed by atoms with van der Waals surface area (Å²) in [5, 5.41) is 0. The van der Waals surface area contributed by atoms with Crippen LogP contribution in [0.25, 0.3) is 0 Å². The molecule has 0 saturated heterocycles. The Bertz CT molecular complexity index is 335. The van der Waals surface area contributed by atoms with Crippen LogP contribution in [-0.2, 0) is 9.53 Å². The molecule has 0 radical (unpaired) electrons. The number of benzene rings is 1. The molecule has 1 aromatic carbocycles. The highest BCUT2D eigenvalue weighted by atomic mass is 32.2. The average Bonchev–Trinajstić information content (AvgIpc) is 2.29. The van der Waals surface area contributed by atoms with Gasteiger partial charge in [0.25, 0.3) is 5.78 Å². The number of carbonyl (C=O) groups excluding carboxylic acids is 2. The summed E-state index contributed by atoms with van der Waals surface area (Å²) in [7, 11) is 0. The lowest BCUT2D eigenvalue weighted by molar-refractivity contribution is -0.137. The van der Waals surface area contributed by atoms with Gasteiger partial charge in [0.15, 0.2) is 0 Å². The third kappa shape index (κ3) is 3.75. The van der Waals surface area contributed by atoms with Crippen LogP contribution in [0.4, 0.5) is 0 Å². The molecule has 0 amide bonds. The molecule has 0 fully saturated rings. The van der Waals surface area contributed by atoms with Crippen molar-refractivity contribution in [2.45, 2.75) is 0 Å². The standard InChI is InChI=1S/C11H12O3S/c1-15-8-7-14-11(13)10(12)9-5-3-2-4-6-9/h2-6H,7-8H2,1H3. The highest BCUT2D eigenvalue weighted by Gasteiger charge is 2.16. The first kappa shape index (κ1) is 11.8. The molecular formula is C11H12O3S. The van der Waals surface area contributed by atoms with Crippen LogP contribution in [0.2, 0.25) is 0 Å². The highest BCUT2D eigenvalue weighted by molar-refractivity contribution is 7.98. The number of hydrogen-bond acceptors (Lipinski definition) is 4. The van der Waals surface area contributed by atoms with Crippen molar-refractivity contribution in [2.75, 3.05) is 18.6 Å². The molecule has 15 heavy (non-hydrogen) atoms. The number of hydrogen-bond donors (Lipinski definition) is 0. The fourth-order valence-corrected chi connectivity index (χ4v) is 1.24. The van der Waals surface area contributed by atoms with Gasteiger partial charge in [-0.05, 0) is 6.26 Å². The van der Waals surface area contributed by atoms with E-state index in [2.05, 4.69) is 0 Å². The molecule has 80 valence electrons. The minimum atomic E-state index is -0.782. The molecule has 0 spiro atoms. The van der Waals surface area contributed by atoms with E-state index in [0.717, 1.165) is 0 Å². The minimum absolute atomic E-state index is 0.276. The topological polar surface area (TPSA) is 43.4 Å². The third-order valence-electron chi connectivity index (χ3n) is 1.74. The van der Waals surface area contributed by atoms with Crippen LogP contribution >= 0.6 is 11.8 Å². The van der Waals surface area contributed by atoms with Gasteiger partial charge >= 0.3 is 5.97 Å². The van der Waals surface area contributed by atoms with E-state index >= 15 is 0 Å². The Balaban J connectivity index is 2.50. The molecule has 1 rings (SSSR count). The Morgan fingerprint density at radius 3 is 2.53 bits per heavy atom. The summed E-state index contributed by atoms with van der Waals surface area (Å²) < 4.78 is 4.79. The van der Waals surface area contributed by atoms with E-state index in [0.29, 0.717) is 11.3 Å². The maximum absolute atomic E-state index is 11.5. The molecule has 0 aliphatic rings. The second kappa shape index (κ2) is 6.24. The minimum Gasteiger partial charge on any atom is -0.459 e. The van der Waals surface area contributed by atoms with Crippen molar-refractivity contribution in [1.82, 2.24) is 0 Å². The van der Waals surface area contributed by atoms with Crippen LogP contribution in [0, 0.1) is 0 Å². The lowest BCUT2D eigenvalue weighted by atomic mass is 10.1. The maximum atomic E-state index is 11.5. The zero-order valence-corrected chi connectivity index (χ0v) is 9.25. The number of rotatable bonds is 5. The molecule has 0 N–H and O–H groups in total.